The number of rotatable bonds is 2. The lowest BCUT2D eigenvalue weighted by molar-refractivity contribution is 0.403. The third-order valence-electron chi connectivity index (χ3n) is 3.48. The maximum Gasteiger partial charge on any atom is 0.157 e. The molecule has 0 amide bonds. The molecule has 0 spiro atoms. The predicted octanol–water partition coefficient (Wildman–Crippen LogP) is 3.61. The van der Waals surface area contributed by atoms with Crippen molar-refractivity contribution in [2.75, 3.05) is 19.0 Å². The molecule has 1 aliphatic heterocycles. The van der Waals surface area contributed by atoms with Crippen molar-refractivity contribution >= 4 is 17.8 Å². The first-order valence-electron chi connectivity index (χ1n) is 6.94. The molecule has 4 heteroatoms. The third kappa shape index (κ3) is 2.76. The molecule has 0 saturated heterocycles. The highest BCUT2D eigenvalue weighted by Gasteiger charge is 2.11. The smallest absolute Gasteiger partial charge is 0.157 e. The van der Waals surface area contributed by atoms with Gasteiger partial charge in [-0.25, -0.2) is 0 Å². The third-order valence-corrected chi connectivity index (χ3v) is 3.48. The molecule has 2 N–H and O–H groups in total. The van der Waals surface area contributed by atoms with Gasteiger partial charge in [0.1, 0.15) is 11.5 Å². The summed E-state index contributed by atoms with van der Waals surface area (Å²) in [4.78, 5) is 2.02. The number of aromatic hydroxyl groups is 2. The van der Waals surface area contributed by atoms with Gasteiger partial charge in [-0.1, -0.05) is 6.07 Å². The first kappa shape index (κ1) is 14.1. The van der Waals surface area contributed by atoms with Crippen molar-refractivity contribution in [2.45, 2.75) is 0 Å². The Bertz CT molecular complexity index is 776. The average molecular weight is 295 g/mol. The summed E-state index contributed by atoms with van der Waals surface area (Å²) in [6, 6.07) is 10.7. The maximum absolute atomic E-state index is 9.54. The lowest BCUT2D eigenvalue weighted by Gasteiger charge is -2.19. The summed E-state index contributed by atoms with van der Waals surface area (Å²) in [6.07, 6.45) is 5.67. The van der Waals surface area contributed by atoms with Crippen molar-refractivity contribution in [3.63, 3.8) is 0 Å². The second-order valence-electron chi connectivity index (χ2n) is 5.35. The Morgan fingerprint density at radius 1 is 0.955 bits per heavy atom. The van der Waals surface area contributed by atoms with Crippen molar-refractivity contribution in [2.24, 2.45) is 0 Å². The molecule has 3 rings (SSSR count). The van der Waals surface area contributed by atoms with Gasteiger partial charge in [0.2, 0.25) is 0 Å². The second kappa shape index (κ2) is 5.48. The molecule has 0 aliphatic carbocycles. The molecule has 4 nitrogen and oxygen atoms in total. The number of ether oxygens (including phenoxy) is 1. The van der Waals surface area contributed by atoms with E-state index >= 15 is 0 Å². The molecule has 0 aromatic heterocycles. The van der Waals surface area contributed by atoms with E-state index in [-0.39, 0.29) is 11.5 Å². The SMILES string of the molecule is CN(C)c1ccc2c(c1)OC(=Cc1ccc(O)c(O)c1)C=C2. The topological polar surface area (TPSA) is 52.9 Å². The molecule has 0 fully saturated rings. The highest BCUT2D eigenvalue weighted by molar-refractivity contribution is 5.70. The first-order valence-corrected chi connectivity index (χ1v) is 6.94. The van der Waals surface area contributed by atoms with Crippen molar-refractivity contribution in [3.05, 3.63) is 59.4 Å². The summed E-state index contributed by atoms with van der Waals surface area (Å²) in [5.41, 5.74) is 2.84. The van der Waals surface area contributed by atoms with E-state index in [9.17, 15) is 10.2 Å². The van der Waals surface area contributed by atoms with Gasteiger partial charge in [0, 0.05) is 31.4 Å². The van der Waals surface area contributed by atoms with Crippen molar-refractivity contribution < 1.29 is 14.9 Å². The average Bonchev–Trinajstić information content (AvgIpc) is 2.50. The Morgan fingerprint density at radius 2 is 1.77 bits per heavy atom. The molecule has 112 valence electrons. The first-order chi connectivity index (χ1) is 10.5. The minimum atomic E-state index is -0.149. The van der Waals surface area contributed by atoms with Crippen LogP contribution < -0.4 is 9.64 Å². The van der Waals surface area contributed by atoms with Crippen LogP contribution in [0.25, 0.3) is 12.2 Å². The van der Waals surface area contributed by atoms with E-state index < -0.39 is 0 Å². The van der Waals surface area contributed by atoms with E-state index in [1.165, 1.54) is 12.1 Å². The molecular formula is C18H17NO3. The minimum Gasteiger partial charge on any atom is -0.504 e. The number of hydrogen-bond donors (Lipinski definition) is 2. The molecule has 2 aromatic carbocycles. The van der Waals surface area contributed by atoms with Crippen LogP contribution in [0, 0.1) is 0 Å². The summed E-state index contributed by atoms with van der Waals surface area (Å²) in [6.45, 7) is 0. The molecule has 0 radical (unpaired) electrons. The normalized spacial score (nSPS) is 14.5. The van der Waals surface area contributed by atoms with Crippen LogP contribution in [0.1, 0.15) is 11.1 Å². The number of fused-ring (bicyclic) bond motifs is 1. The monoisotopic (exact) mass is 295 g/mol. The van der Waals surface area contributed by atoms with Crippen molar-refractivity contribution in [1.82, 2.24) is 0 Å². The van der Waals surface area contributed by atoms with Crippen LogP contribution in [-0.4, -0.2) is 24.3 Å². The van der Waals surface area contributed by atoms with Crippen LogP contribution in [0.15, 0.2) is 48.2 Å². The summed E-state index contributed by atoms with van der Waals surface area (Å²) >= 11 is 0. The molecule has 1 aliphatic rings. The fourth-order valence-corrected chi connectivity index (χ4v) is 2.23. The molecule has 0 unspecified atom stereocenters. The molecule has 0 atom stereocenters. The van der Waals surface area contributed by atoms with E-state index in [4.69, 9.17) is 4.74 Å². The summed E-state index contributed by atoms with van der Waals surface area (Å²) in [5.74, 6) is 1.18. The number of benzene rings is 2. The Labute approximate surface area is 129 Å². The zero-order valence-corrected chi connectivity index (χ0v) is 12.4. The van der Waals surface area contributed by atoms with E-state index in [0.29, 0.717) is 5.76 Å². The number of nitrogens with zero attached hydrogens (tertiary/aromatic N) is 1. The van der Waals surface area contributed by atoms with Gasteiger partial charge in [-0.05, 0) is 48.1 Å². The minimum absolute atomic E-state index is 0.136. The number of hydrogen-bond acceptors (Lipinski definition) is 4. The van der Waals surface area contributed by atoms with Crippen LogP contribution in [0.3, 0.4) is 0 Å². The molecule has 1 heterocycles. The van der Waals surface area contributed by atoms with Crippen LogP contribution in [0.4, 0.5) is 5.69 Å². The van der Waals surface area contributed by atoms with Crippen LogP contribution in [0.2, 0.25) is 0 Å². The van der Waals surface area contributed by atoms with E-state index in [2.05, 4.69) is 0 Å². The lowest BCUT2D eigenvalue weighted by atomic mass is 10.1. The van der Waals surface area contributed by atoms with Gasteiger partial charge in [0.05, 0.1) is 0 Å². The number of allylic oxidation sites excluding steroid dienone is 1. The van der Waals surface area contributed by atoms with E-state index in [0.717, 1.165) is 22.6 Å². The molecule has 22 heavy (non-hydrogen) atoms. The largest absolute Gasteiger partial charge is 0.504 e. The van der Waals surface area contributed by atoms with Gasteiger partial charge in [-0.2, -0.15) is 0 Å². The Balaban J connectivity index is 1.91. The van der Waals surface area contributed by atoms with Gasteiger partial charge in [0.15, 0.2) is 11.5 Å². The number of phenolic OH excluding ortho intramolecular Hbond substituents is 2. The van der Waals surface area contributed by atoms with Crippen LogP contribution >= 0.6 is 0 Å². The van der Waals surface area contributed by atoms with Gasteiger partial charge < -0.3 is 19.8 Å². The fraction of sp³-hybridized carbons (Fsp3) is 0.111. The highest BCUT2D eigenvalue weighted by atomic mass is 16.5. The summed E-state index contributed by atoms with van der Waals surface area (Å²) < 4.78 is 5.90. The zero-order valence-electron chi connectivity index (χ0n) is 12.4. The van der Waals surface area contributed by atoms with Crippen LogP contribution in [-0.2, 0) is 0 Å². The fourth-order valence-electron chi connectivity index (χ4n) is 2.23. The van der Waals surface area contributed by atoms with Gasteiger partial charge in [-0.15, -0.1) is 0 Å². The lowest BCUT2D eigenvalue weighted by Crippen LogP contribution is -2.09. The standard InChI is InChI=1S/C18H17NO3/c1-19(2)14-6-4-13-5-7-15(22-18(13)11-14)9-12-3-8-16(20)17(21)10-12/h3-11,20-21H,1-2H3. The van der Waals surface area contributed by atoms with Crippen molar-refractivity contribution in [1.29, 1.82) is 0 Å². The van der Waals surface area contributed by atoms with E-state index in [1.807, 2.05) is 49.3 Å². The molecule has 2 aromatic rings. The highest BCUT2D eigenvalue weighted by Crippen LogP contribution is 2.32. The van der Waals surface area contributed by atoms with Gasteiger partial charge in [0.25, 0.3) is 0 Å². The van der Waals surface area contributed by atoms with Crippen LogP contribution in [0.5, 0.6) is 17.2 Å². The van der Waals surface area contributed by atoms with Gasteiger partial charge >= 0.3 is 0 Å². The van der Waals surface area contributed by atoms with E-state index in [1.54, 1.807) is 12.1 Å². The summed E-state index contributed by atoms with van der Waals surface area (Å²) in [7, 11) is 3.97. The molecular weight excluding hydrogens is 278 g/mol. The quantitative estimate of drug-likeness (QED) is 0.831. The molecule has 0 bridgehead atoms. The zero-order chi connectivity index (χ0) is 15.7. The number of anilines is 1. The predicted molar refractivity (Wildman–Crippen MR) is 88.2 cm³/mol. The number of phenols is 2. The Hall–Kier alpha value is -2.88. The summed E-state index contributed by atoms with van der Waals surface area (Å²) in [5, 5.41) is 18.9. The maximum atomic E-state index is 9.54. The second-order valence-corrected chi connectivity index (χ2v) is 5.35. The van der Waals surface area contributed by atoms with Gasteiger partial charge in [-0.3, -0.25) is 0 Å². The Kier molecular flexibility index (Phi) is 3.51. The van der Waals surface area contributed by atoms with Crippen molar-refractivity contribution in [3.8, 4) is 17.2 Å². The molecule has 0 saturated carbocycles. The Morgan fingerprint density at radius 3 is 2.50 bits per heavy atom.